The van der Waals surface area contributed by atoms with Crippen LogP contribution in [0.25, 0.3) is 0 Å². The summed E-state index contributed by atoms with van der Waals surface area (Å²) in [4.78, 5) is 2.45. The largest absolute Gasteiger partial charge is 0.376 e. The van der Waals surface area contributed by atoms with Crippen LogP contribution in [0.15, 0.2) is 151 Å². The number of anilines is 3. The van der Waals surface area contributed by atoms with Crippen molar-refractivity contribution in [3.63, 3.8) is 0 Å². The Hall–Kier alpha value is -4.83. The van der Waals surface area contributed by atoms with E-state index >= 15 is 0 Å². The summed E-state index contributed by atoms with van der Waals surface area (Å²) in [5.41, 5.74) is 6.17. The Labute approximate surface area is 223 Å². The topological polar surface area (TPSA) is 30.9 Å². The first kappa shape index (κ1) is 22.4. The summed E-state index contributed by atoms with van der Waals surface area (Å²) in [7, 11) is 0. The smallest absolute Gasteiger partial charge is 0.168 e. The van der Waals surface area contributed by atoms with E-state index < -0.39 is 5.66 Å². The summed E-state index contributed by atoms with van der Waals surface area (Å²) in [6, 6.07) is 51.3. The lowest BCUT2D eigenvalue weighted by molar-refractivity contribution is 0.389. The van der Waals surface area contributed by atoms with E-state index in [1.165, 1.54) is 11.1 Å². The van der Waals surface area contributed by atoms with Crippen molar-refractivity contribution in [3.05, 3.63) is 162 Å². The average molecular weight is 493 g/mol. The molecule has 2 heterocycles. The number of nitrogens with zero attached hydrogens (tertiary/aromatic N) is 3. The maximum atomic E-state index is 5.44. The second-order valence-corrected chi connectivity index (χ2v) is 9.78. The fraction of sp³-hybridized carbons (Fsp3) is 0.0882. The van der Waals surface area contributed by atoms with Crippen LogP contribution in [0.2, 0.25) is 0 Å². The zero-order chi connectivity index (χ0) is 25.4. The van der Waals surface area contributed by atoms with Gasteiger partial charge in [0.05, 0.1) is 23.1 Å². The Morgan fingerprint density at radius 3 is 1.92 bits per heavy atom. The molecule has 5 aromatic rings. The highest BCUT2D eigenvalue weighted by Crippen LogP contribution is 2.53. The molecule has 38 heavy (non-hydrogen) atoms. The van der Waals surface area contributed by atoms with Crippen molar-refractivity contribution < 1.29 is 0 Å². The molecule has 0 aliphatic carbocycles. The first-order valence-corrected chi connectivity index (χ1v) is 13.1. The molecule has 0 saturated carbocycles. The molecule has 2 aliphatic heterocycles. The summed E-state index contributed by atoms with van der Waals surface area (Å²) in [6.07, 6.45) is 0.768. The number of hydrazone groups is 1. The van der Waals surface area contributed by atoms with E-state index in [1.807, 2.05) is 0 Å². The highest BCUT2D eigenvalue weighted by atomic mass is 15.7. The minimum atomic E-state index is -0.617. The number of hydrogen-bond donors (Lipinski definition) is 1. The van der Waals surface area contributed by atoms with Crippen LogP contribution in [-0.4, -0.2) is 5.84 Å². The molecule has 0 aromatic heterocycles. The van der Waals surface area contributed by atoms with Crippen molar-refractivity contribution in [2.24, 2.45) is 5.10 Å². The maximum absolute atomic E-state index is 5.44. The minimum absolute atomic E-state index is 0.0547. The standard InChI is InChI=1S/C34H28N4/c1-5-15-26(16-6-1)31-25-34(28-19-9-3-10-20-28)37(32-24-14-13-23-30(32)35-31)33(27-17-7-2-8-18-27)36-38(34)29-21-11-4-12-22-29/h1-24,31,35H,25H2/t31-,34-/m0/s1. The molecule has 0 amide bonds. The molecular formula is C34H28N4. The second-order valence-electron chi connectivity index (χ2n) is 9.78. The molecule has 0 spiro atoms. The number of para-hydroxylation sites is 3. The Balaban J connectivity index is 1.56. The van der Waals surface area contributed by atoms with E-state index in [0.717, 1.165) is 34.9 Å². The van der Waals surface area contributed by atoms with Gasteiger partial charge >= 0.3 is 0 Å². The molecule has 5 aromatic carbocycles. The van der Waals surface area contributed by atoms with E-state index in [9.17, 15) is 0 Å². The molecule has 0 bridgehead atoms. The Bertz CT molecular complexity index is 1570. The van der Waals surface area contributed by atoms with Gasteiger partial charge in [0.2, 0.25) is 0 Å². The highest BCUT2D eigenvalue weighted by molar-refractivity contribution is 6.15. The quantitative estimate of drug-likeness (QED) is 0.278. The average Bonchev–Trinajstić information content (AvgIpc) is 3.26. The molecule has 184 valence electrons. The summed E-state index contributed by atoms with van der Waals surface area (Å²) < 4.78 is 0. The zero-order valence-electron chi connectivity index (χ0n) is 21.0. The van der Waals surface area contributed by atoms with Crippen LogP contribution in [0, 0.1) is 0 Å². The Morgan fingerprint density at radius 2 is 1.21 bits per heavy atom. The van der Waals surface area contributed by atoms with Crippen LogP contribution in [0.3, 0.4) is 0 Å². The fourth-order valence-electron chi connectivity index (χ4n) is 5.87. The summed E-state index contributed by atoms with van der Waals surface area (Å²) >= 11 is 0. The van der Waals surface area contributed by atoms with Gasteiger partial charge in [0, 0.05) is 17.5 Å². The number of fused-ring (bicyclic) bond motifs is 3. The first-order chi connectivity index (χ1) is 18.8. The van der Waals surface area contributed by atoms with Gasteiger partial charge in [-0.1, -0.05) is 121 Å². The van der Waals surface area contributed by atoms with Crippen LogP contribution in [-0.2, 0) is 5.66 Å². The second kappa shape index (κ2) is 9.24. The summed E-state index contributed by atoms with van der Waals surface area (Å²) in [6.45, 7) is 0. The van der Waals surface area contributed by atoms with Gasteiger partial charge < -0.3 is 5.32 Å². The lowest BCUT2D eigenvalue weighted by Gasteiger charge is -2.45. The van der Waals surface area contributed by atoms with Crippen molar-refractivity contribution in [3.8, 4) is 0 Å². The van der Waals surface area contributed by atoms with Crippen molar-refractivity contribution in [1.29, 1.82) is 0 Å². The van der Waals surface area contributed by atoms with Gasteiger partial charge in [-0.15, -0.1) is 0 Å². The van der Waals surface area contributed by atoms with Gasteiger partial charge in [-0.25, -0.2) is 5.01 Å². The van der Waals surface area contributed by atoms with Crippen molar-refractivity contribution in [2.75, 3.05) is 15.2 Å². The molecule has 2 atom stereocenters. The molecule has 4 heteroatoms. The summed E-state index contributed by atoms with van der Waals surface area (Å²) in [5, 5.41) is 11.6. The highest BCUT2D eigenvalue weighted by Gasteiger charge is 2.55. The van der Waals surface area contributed by atoms with Gasteiger partial charge in [-0.05, 0) is 29.8 Å². The molecule has 0 fully saturated rings. The first-order valence-electron chi connectivity index (χ1n) is 13.1. The number of amidine groups is 1. The van der Waals surface area contributed by atoms with Crippen LogP contribution < -0.4 is 15.2 Å². The van der Waals surface area contributed by atoms with Crippen molar-refractivity contribution in [1.82, 2.24) is 0 Å². The molecular weight excluding hydrogens is 464 g/mol. The van der Waals surface area contributed by atoms with Crippen LogP contribution in [0.4, 0.5) is 17.1 Å². The SMILES string of the molecule is c1ccc(C2=NN(c3ccccc3)[C@]3(c4ccccc4)C[C@@H](c4ccccc4)Nc4ccccc4N23)cc1. The predicted octanol–water partition coefficient (Wildman–Crippen LogP) is 7.78. The van der Waals surface area contributed by atoms with Crippen molar-refractivity contribution in [2.45, 2.75) is 18.1 Å². The predicted molar refractivity (Wildman–Crippen MR) is 156 cm³/mol. The van der Waals surface area contributed by atoms with Gasteiger partial charge in [-0.2, -0.15) is 5.10 Å². The molecule has 0 unspecified atom stereocenters. The number of benzene rings is 5. The molecule has 0 saturated heterocycles. The lowest BCUT2D eigenvalue weighted by atomic mass is 9.86. The maximum Gasteiger partial charge on any atom is 0.168 e. The van der Waals surface area contributed by atoms with Crippen LogP contribution >= 0.6 is 0 Å². The van der Waals surface area contributed by atoms with Crippen LogP contribution in [0.1, 0.15) is 29.2 Å². The van der Waals surface area contributed by atoms with E-state index in [2.05, 4.69) is 161 Å². The van der Waals surface area contributed by atoms with E-state index in [1.54, 1.807) is 0 Å². The summed E-state index contributed by atoms with van der Waals surface area (Å²) in [5.74, 6) is 0.932. The van der Waals surface area contributed by atoms with Gasteiger partial charge in [0.25, 0.3) is 0 Å². The van der Waals surface area contributed by atoms with Gasteiger partial charge in [0.15, 0.2) is 11.5 Å². The molecule has 1 N–H and O–H groups in total. The molecule has 7 rings (SSSR count). The zero-order valence-corrected chi connectivity index (χ0v) is 21.0. The third kappa shape index (κ3) is 3.57. The third-order valence-electron chi connectivity index (χ3n) is 7.56. The fourth-order valence-corrected chi connectivity index (χ4v) is 5.87. The molecule has 4 nitrogen and oxygen atoms in total. The number of rotatable bonds is 4. The third-order valence-corrected chi connectivity index (χ3v) is 7.56. The molecule has 0 radical (unpaired) electrons. The van der Waals surface area contributed by atoms with E-state index in [-0.39, 0.29) is 6.04 Å². The van der Waals surface area contributed by atoms with Crippen LogP contribution in [0.5, 0.6) is 0 Å². The Morgan fingerprint density at radius 1 is 0.632 bits per heavy atom. The van der Waals surface area contributed by atoms with E-state index in [0.29, 0.717) is 0 Å². The van der Waals surface area contributed by atoms with Crippen molar-refractivity contribution >= 4 is 22.9 Å². The minimum Gasteiger partial charge on any atom is -0.376 e. The van der Waals surface area contributed by atoms with Gasteiger partial charge in [0.1, 0.15) is 0 Å². The normalized spacial score (nSPS) is 20.1. The molecule has 2 aliphatic rings. The number of nitrogens with one attached hydrogen (secondary N) is 1. The van der Waals surface area contributed by atoms with E-state index in [4.69, 9.17) is 5.10 Å². The van der Waals surface area contributed by atoms with Gasteiger partial charge in [-0.3, -0.25) is 4.90 Å². The lowest BCUT2D eigenvalue weighted by Crippen LogP contribution is -2.54. The monoisotopic (exact) mass is 492 g/mol. The Kier molecular flexibility index (Phi) is 5.44. The number of hydrogen-bond acceptors (Lipinski definition) is 4.